The van der Waals surface area contributed by atoms with Crippen LogP contribution in [0.2, 0.25) is 0 Å². The minimum atomic E-state index is -0.466. The van der Waals surface area contributed by atoms with Crippen LogP contribution in [-0.4, -0.2) is 67.3 Å². The quantitative estimate of drug-likeness (QED) is 0.795. The van der Waals surface area contributed by atoms with Crippen molar-refractivity contribution in [3.8, 4) is 11.5 Å². The smallest absolute Gasteiger partial charge is 0.161 e. The Morgan fingerprint density at radius 2 is 2.03 bits per heavy atom. The SMILES string of the molecule is COc1cc2c(cc1OCC13COC(C1)C3)CCN1CC(OC(C)(C)C)C(O)CC21. The van der Waals surface area contributed by atoms with Gasteiger partial charge in [-0.15, -0.1) is 0 Å². The van der Waals surface area contributed by atoms with Crippen LogP contribution in [0.1, 0.15) is 57.2 Å². The van der Waals surface area contributed by atoms with Crippen LogP contribution in [-0.2, 0) is 15.9 Å². The first kappa shape index (κ1) is 20.6. The van der Waals surface area contributed by atoms with Crippen LogP contribution in [0.5, 0.6) is 11.5 Å². The Hall–Kier alpha value is -1.34. The van der Waals surface area contributed by atoms with Crippen molar-refractivity contribution in [2.75, 3.05) is 33.4 Å². The first-order chi connectivity index (χ1) is 14.3. The van der Waals surface area contributed by atoms with E-state index in [4.69, 9.17) is 18.9 Å². The summed E-state index contributed by atoms with van der Waals surface area (Å²) in [7, 11) is 1.70. The summed E-state index contributed by atoms with van der Waals surface area (Å²) in [5.74, 6) is 1.61. The van der Waals surface area contributed by atoms with E-state index in [1.807, 2.05) is 20.8 Å². The zero-order chi connectivity index (χ0) is 21.1. The van der Waals surface area contributed by atoms with E-state index in [-0.39, 0.29) is 23.2 Å². The number of fused-ring (bicyclic) bond motifs is 4. The molecule has 4 fully saturated rings. The van der Waals surface area contributed by atoms with Gasteiger partial charge in [0.15, 0.2) is 11.5 Å². The molecule has 2 bridgehead atoms. The number of rotatable bonds is 5. The maximum Gasteiger partial charge on any atom is 0.161 e. The fraction of sp³-hybridized carbons (Fsp3) is 0.750. The monoisotopic (exact) mass is 417 g/mol. The third kappa shape index (κ3) is 3.72. The summed E-state index contributed by atoms with van der Waals surface area (Å²) in [6.45, 7) is 9.38. The molecule has 6 nitrogen and oxygen atoms in total. The summed E-state index contributed by atoms with van der Waals surface area (Å²) in [5.41, 5.74) is 2.51. The molecule has 5 aliphatic rings. The highest BCUT2D eigenvalue weighted by molar-refractivity contribution is 5.50. The first-order valence-corrected chi connectivity index (χ1v) is 11.3. The van der Waals surface area contributed by atoms with Crippen LogP contribution in [0.4, 0.5) is 0 Å². The first-order valence-electron chi connectivity index (χ1n) is 11.3. The molecule has 1 aromatic carbocycles. The molecule has 4 aliphatic heterocycles. The van der Waals surface area contributed by atoms with E-state index in [0.29, 0.717) is 19.1 Å². The van der Waals surface area contributed by atoms with Gasteiger partial charge in [0.2, 0.25) is 0 Å². The zero-order valence-corrected chi connectivity index (χ0v) is 18.6. The zero-order valence-electron chi connectivity index (χ0n) is 18.6. The number of aliphatic hydroxyl groups excluding tert-OH is 1. The fourth-order valence-corrected chi connectivity index (χ4v) is 5.66. The number of hydrogen-bond acceptors (Lipinski definition) is 6. The summed E-state index contributed by atoms with van der Waals surface area (Å²) >= 11 is 0. The Morgan fingerprint density at radius 3 is 2.70 bits per heavy atom. The lowest BCUT2D eigenvalue weighted by atomic mass is 9.71. The van der Waals surface area contributed by atoms with Gasteiger partial charge in [0.25, 0.3) is 0 Å². The summed E-state index contributed by atoms with van der Waals surface area (Å²) < 4.78 is 23.8. The number of nitrogens with zero attached hydrogens (tertiary/aromatic N) is 1. The standard InChI is InChI=1S/C24H35NO5/c1-23(2,3)30-22-12-25-6-5-15-7-21(29-14-24-10-16(11-24)28-13-24)20(27-4)8-17(15)18(25)9-19(22)26/h7-8,16,18-19,22,26H,5-6,9-14H2,1-4H3. The number of ether oxygens (including phenoxy) is 4. The predicted molar refractivity (Wildman–Crippen MR) is 113 cm³/mol. The molecule has 166 valence electrons. The van der Waals surface area contributed by atoms with Gasteiger partial charge in [0, 0.05) is 24.5 Å². The average Bonchev–Trinajstić information content (AvgIpc) is 3.26. The largest absolute Gasteiger partial charge is 0.493 e. The molecule has 1 N–H and O–H groups in total. The maximum atomic E-state index is 10.8. The van der Waals surface area contributed by atoms with Crippen LogP contribution in [0.25, 0.3) is 0 Å². The Kier molecular flexibility index (Phi) is 5.05. The van der Waals surface area contributed by atoms with Crippen molar-refractivity contribution in [1.29, 1.82) is 0 Å². The number of hydrogen-bond donors (Lipinski definition) is 1. The van der Waals surface area contributed by atoms with Gasteiger partial charge in [0.05, 0.1) is 44.2 Å². The van der Waals surface area contributed by atoms with Crippen molar-refractivity contribution in [2.24, 2.45) is 5.41 Å². The van der Waals surface area contributed by atoms with Crippen molar-refractivity contribution < 1.29 is 24.1 Å². The fourth-order valence-electron chi connectivity index (χ4n) is 5.66. The molecule has 3 saturated heterocycles. The lowest BCUT2D eigenvalue weighted by Crippen LogP contribution is -2.53. The molecule has 0 radical (unpaired) electrons. The second-order valence-corrected chi connectivity index (χ2v) is 10.7. The van der Waals surface area contributed by atoms with Gasteiger partial charge >= 0.3 is 0 Å². The molecule has 0 aromatic heterocycles. The van der Waals surface area contributed by atoms with Crippen molar-refractivity contribution in [2.45, 2.75) is 76.4 Å². The predicted octanol–water partition coefficient (Wildman–Crippen LogP) is 3.10. The average molecular weight is 418 g/mol. The molecule has 3 atom stereocenters. The molecule has 30 heavy (non-hydrogen) atoms. The molecule has 3 unspecified atom stereocenters. The summed E-state index contributed by atoms with van der Waals surface area (Å²) in [6.07, 6.45) is 3.73. The van der Waals surface area contributed by atoms with Gasteiger partial charge in [-0.3, -0.25) is 4.90 Å². The Morgan fingerprint density at radius 1 is 1.23 bits per heavy atom. The van der Waals surface area contributed by atoms with Gasteiger partial charge in [-0.05, 0) is 69.7 Å². The molecular weight excluding hydrogens is 382 g/mol. The second kappa shape index (κ2) is 7.37. The molecule has 4 heterocycles. The lowest BCUT2D eigenvalue weighted by Gasteiger charge is -2.47. The second-order valence-electron chi connectivity index (χ2n) is 10.7. The van der Waals surface area contributed by atoms with E-state index in [1.165, 1.54) is 11.1 Å². The van der Waals surface area contributed by atoms with Crippen molar-refractivity contribution in [3.05, 3.63) is 23.3 Å². The van der Waals surface area contributed by atoms with E-state index >= 15 is 0 Å². The number of methoxy groups -OCH3 is 1. The minimum Gasteiger partial charge on any atom is -0.493 e. The van der Waals surface area contributed by atoms with Crippen LogP contribution >= 0.6 is 0 Å². The normalized spacial score (nSPS) is 35.4. The summed E-state index contributed by atoms with van der Waals surface area (Å²) in [6, 6.07) is 4.49. The lowest BCUT2D eigenvalue weighted by molar-refractivity contribution is -0.149. The number of piperidine rings is 1. The summed E-state index contributed by atoms with van der Waals surface area (Å²) in [4.78, 5) is 2.45. The van der Waals surface area contributed by atoms with Gasteiger partial charge in [-0.25, -0.2) is 0 Å². The number of aliphatic hydroxyl groups is 1. The third-order valence-corrected chi connectivity index (χ3v) is 7.19. The van der Waals surface area contributed by atoms with E-state index in [2.05, 4.69) is 17.0 Å². The van der Waals surface area contributed by atoms with Gasteiger partial charge < -0.3 is 24.1 Å². The molecular formula is C24H35NO5. The topological polar surface area (TPSA) is 60.4 Å². The Labute approximate surface area is 179 Å². The summed E-state index contributed by atoms with van der Waals surface area (Å²) in [5, 5.41) is 10.8. The molecule has 0 spiro atoms. The van der Waals surface area contributed by atoms with Crippen LogP contribution in [0.3, 0.4) is 0 Å². The Balaban J connectivity index is 1.33. The molecule has 6 heteroatoms. The highest BCUT2D eigenvalue weighted by atomic mass is 16.5. The molecule has 1 saturated carbocycles. The highest BCUT2D eigenvalue weighted by Gasteiger charge is 2.52. The van der Waals surface area contributed by atoms with Gasteiger partial charge in [0.1, 0.15) is 0 Å². The molecule has 6 rings (SSSR count). The van der Waals surface area contributed by atoms with Crippen LogP contribution in [0, 0.1) is 5.41 Å². The molecule has 1 aromatic rings. The Bertz CT molecular complexity index is 792. The number of benzene rings is 1. The molecule has 0 amide bonds. The van der Waals surface area contributed by atoms with Crippen LogP contribution in [0.15, 0.2) is 12.1 Å². The van der Waals surface area contributed by atoms with E-state index in [9.17, 15) is 5.11 Å². The van der Waals surface area contributed by atoms with Crippen molar-refractivity contribution in [3.63, 3.8) is 0 Å². The third-order valence-electron chi connectivity index (χ3n) is 7.19. The van der Waals surface area contributed by atoms with E-state index in [0.717, 1.165) is 50.5 Å². The highest BCUT2D eigenvalue weighted by Crippen LogP contribution is 2.51. The van der Waals surface area contributed by atoms with Gasteiger partial charge in [-0.2, -0.15) is 0 Å². The van der Waals surface area contributed by atoms with Crippen LogP contribution < -0.4 is 9.47 Å². The van der Waals surface area contributed by atoms with Crippen molar-refractivity contribution >= 4 is 0 Å². The minimum absolute atomic E-state index is 0.147. The van der Waals surface area contributed by atoms with E-state index in [1.54, 1.807) is 7.11 Å². The van der Waals surface area contributed by atoms with Crippen molar-refractivity contribution in [1.82, 2.24) is 4.90 Å². The molecule has 1 aliphatic carbocycles. The van der Waals surface area contributed by atoms with Gasteiger partial charge in [-0.1, -0.05) is 0 Å². The maximum absolute atomic E-state index is 10.8. The van der Waals surface area contributed by atoms with E-state index < -0.39 is 6.10 Å².